The van der Waals surface area contributed by atoms with Gasteiger partial charge in [-0.3, -0.25) is 0 Å². The van der Waals surface area contributed by atoms with Gasteiger partial charge in [0.25, 0.3) is 0 Å². The van der Waals surface area contributed by atoms with Crippen LogP contribution in [0.15, 0.2) is 24.4 Å². The molecule has 0 aliphatic heterocycles. The lowest BCUT2D eigenvalue weighted by Gasteiger charge is -2.10. The normalized spacial score (nSPS) is 13.2. The third kappa shape index (κ3) is 2.41. The maximum absolute atomic E-state index is 12.6. The molecule has 0 bridgehead atoms. The van der Waals surface area contributed by atoms with E-state index in [4.69, 9.17) is 0 Å². The van der Waals surface area contributed by atoms with E-state index in [0.717, 1.165) is 10.6 Å². The Morgan fingerprint density at radius 2 is 1.72 bits per heavy atom. The second kappa shape index (κ2) is 3.89. The molecule has 2 aromatic rings. The van der Waals surface area contributed by atoms with Gasteiger partial charge in [0.2, 0.25) is 0 Å². The van der Waals surface area contributed by atoms with Crippen molar-refractivity contribution in [1.82, 2.24) is 9.38 Å². The first kappa shape index (κ1) is 12.7. The van der Waals surface area contributed by atoms with Gasteiger partial charge in [-0.15, -0.1) is 0 Å². The molecule has 0 saturated carbocycles. The molecule has 0 aliphatic carbocycles. The zero-order valence-corrected chi connectivity index (χ0v) is 8.68. The lowest BCUT2D eigenvalue weighted by atomic mass is 10.2. The lowest BCUT2D eigenvalue weighted by molar-refractivity contribution is -0.146. The van der Waals surface area contributed by atoms with Gasteiger partial charge in [-0.2, -0.15) is 26.3 Å². The predicted molar refractivity (Wildman–Crippen MR) is 50.0 cm³/mol. The van der Waals surface area contributed by atoms with Gasteiger partial charge in [0, 0.05) is 6.20 Å². The number of hydrogen-bond donors (Lipinski definition) is 0. The number of nitrogens with zero attached hydrogens (tertiary/aromatic N) is 2. The highest BCUT2D eigenvalue weighted by Gasteiger charge is 2.41. The summed E-state index contributed by atoms with van der Waals surface area (Å²) in [5.41, 5.74) is -2.55. The van der Waals surface area contributed by atoms with E-state index in [1.54, 1.807) is 0 Å². The monoisotopic (exact) mass is 268 g/mol. The summed E-state index contributed by atoms with van der Waals surface area (Å²) in [6.07, 6.45) is -10.2. The molecule has 2 nitrogen and oxygen atoms in total. The minimum Gasteiger partial charge on any atom is -0.303 e. The van der Waals surface area contributed by atoms with E-state index in [1.165, 1.54) is 18.2 Å². The van der Waals surface area contributed by atoms with Crippen LogP contribution in [0.2, 0.25) is 0 Å². The summed E-state index contributed by atoms with van der Waals surface area (Å²) in [5, 5.41) is 0. The first-order valence-corrected chi connectivity index (χ1v) is 4.78. The van der Waals surface area contributed by atoms with E-state index in [-0.39, 0.29) is 5.65 Å². The number of aromatic nitrogens is 2. The molecule has 0 radical (unpaired) electrons. The van der Waals surface area contributed by atoms with Gasteiger partial charge >= 0.3 is 12.4 Å². The summed E-state index contributed by atoms with van der Waals surface area (Å²) in [4.78, 5) is 3.21. The Kier molecular flexibility index (Phi) is 2.75. The van der Waals surface area contributed by atoms with Crippen LogP contribution in [0.3, 0.4) is 0 Å². The van der Waals surface area contributed by atoms with Crippen LogP contribution in [-0.2, 0) is 12.6 Å². The molecule has 8 heteroatoms. The smallest absolute Gasteiger partial charge is 0.303 e. The molecule has 98 valence electrons. The highest BCUT2D eigenvalue weighted by atomic mass is 19.4. The molecule has 18 heavy (non-hydrogen) atoms. The standard InChI is InChI=1S/C10H6F6N2/c11-9(12,13)5-6-8(10(14,15)16)17-7-3-1-2-4-18(6)7/h1-4H,5H2. The van der Waals surface area contributed by atoms with Gasteiger partial charge < -0.3 is 4.40 Å². The van der Waals surface area contributed by atoms with Crippen LogP contribution in [0, 0.1) is 0 Å². The van der Waals surface area contributed by atoms with Crippen LogP contribution in [0.5, 0.6) is 0 Å². The molecule has 2 aromatic heterocycles. The SMILES string of the molecule is FC(F)(F)Cc1c(C(F)(F)F)nc2ccccn12. The number of pyridine rings is 1. The molecule has 0 aliphatic rings. The zero-order valence-electron chi connectivity index (χ0n) is 8.68. The first-order valence-electron chi connectivity index (χ1n) is 4.78. The summed E-state index contributed by atoms with van der Waals surface area (Å²) >= 11 is 0. The number of imidazole rings is 1. The largest absolute Gasteiger partial charge is 0.435 e. The highest BCUT2D eigenvalue weighted by Crippen LogP contribution is 2.34. The number of alkyl halides is 6. The average molecular weight is 268 g/mol. The fourth-order valence-electron chi connectivity index (χ4n) is 1.63. The van der Waals surface area contributed by atoms with Crippen LogP contribution in [0.25, 0.3) is 5.65 Å². The third-order valence-electron chi connectivity index (χ3n) is 2.27. The number of fused-ring (bicyclic) bond motifs is 1. The molecule has 0 unspecified atom stereocenters. The third-order valence-corrected chi connectivity index (χ3v) is 2.27. The fraction of sp³-hybridized carbons (Fsp3) is 0.300. The van der Waals surface area contributed by atoms with Crippen molar-refractivity contribution in [1.29, 1.82) is 0 Å². The molecule has 0 atom stereocenters. The fourth-order valence-corrected chi connectivity index (χ4v) is 1.63. The van der Waals surface area contributed by atoms with Crippen molar-refractivity contribution in [3.63, 3.8) is 0 Å². The van der Waals surface area contributed by atoms with Crippen LogP contribution >= 0.6 is 0 Å². The van der Waals surface area contributed by atoms with Crippen molar-refractivity contribution >= 4 is 5.65 Å². The highest BCUT2D eigenvalue weighted by molar-refractivity contribution is 5.44. The Hall–Kier alpha value is -1.73. The van der Waals surface area contributed by atoms with Gasteiger partial charge in [0.05, 0.1) is 12.1 Å². The summed E-state index contributed by atoms with van der Waals surface area (Å²) in [5.74, 6) is 0. The summed E-state index contributed by atoms with van der Waals surface area (Å²) < 4.78 is 75.6. The van der Waals surface area contributed by atoms with Gasteiger partial charge in [0.15, 0.2) is 5.69 Å². The molecule has 0 spiro atoms. The Bertz CT molecular complexity index is 566. The van der Waals surface area contributed by atoms with Gasteiger partial charge in [0.1, 0.15) is 5.65 Å². The molecule has 0 aromatic carbocycles. The van der Waals surface area contributed by atoms with E-state index in [0.29, 0.717) is 0 Å². The number of hydrogen-bond acceptors (Lipinski definition) is 1. The van der Waals surface area contributed by atoms with Crippen LogP contribution in [0.1, 0.15) is 11.4 Å². The zero-order chi connectivity index (χ0) is 13.6. The Morgan fingerprint density at radius 3 is 2.28 bits per heavy atom. The van der Waals surface area contributed by atoms with Crippen molar-refractivity contribution < 1.29 is 26.3 Å². The van der Waals surface area contributed by atoms with Crippen LogP contribution in [-0.4, -0.2) is 15.6 Å². The van der Waals surface area contributed by atoms with Crippen LogP contribution in [0.4, 0.5) is 26.3 Å². The van der Waals surface area contributed by atoms with E-state index < -0.39 is 30.2 Å². The lowest BCUT2D eigenvalue weighted by Crippen LogP contribution is -2.18. The second-order valence-corrected chi connectivity index (χ2v) is 3.63. The van der Waals surface area contributed by atoms with E-state index >= 15 is 0 Å². The van der Waals surface area contributed by atoms with Gasteiger partial charge in [-0.25, -0.2) is 4.98 Å². The average Bonchev–Trinajstić information content (AvgIpc) is 2.55. The number of halogens is 6. The molecule has 0 N–H and O–H groups in total. The van der Waals surface area contributed by atoms with Crippen LogP contribution < -0.4 is 0 Å². The Balaban J connectivity index is 2.66. The molecular formula is C10H6F6N2. The van der Waals surface area contributed by atoms with Crippen molar-refractivity contribution in [3.8, 4) is 0 Å². The van der Waals surface area contributed by atoms with Crippen molar-refractivity contribution in [2.45, 2.75) is 18.8 Å². The Morgan fingerprint density at radius 1 is 1.06 bits per heavy atom. The molecule has 0 saturated heterocycles. The van der Waals surface area contributed by atoms with E-state index in [9.17, 15) is 26.3 Å². The second-order valence-electron chi connectivity index (χ2n) is 3.63. The number of rotatable bonds is 1. The van der Waals surface area contributed by atoms with E-state index in [2.05, 4.69) is 4.98 Å². The minimum absolute atomic E-state index is 0.163. The quantitative estimate of drug-likeness (QED) is 0.724. The minimum atomic E-state index is -4.91. The van der Waals surface area contributed by atoms with Crippen molar-refractivity contribution in [3.05, 3.63) is 35.8 Å². The molecule has 2 heterocycles. The maximum atomic E-state index is 12.6. The Labute approximate surface area is 96.9 Å². The molecular weight excluding hydrogens is 262 g/mol. The summed E-state index contributed by atoms with van der Waals surface area (Å²) in [6.45, 7) is 0. The molecule has 0 fully saturated rings. The van der Waals surface area contributed by atoms with E-state index in [1.807, 2.05) is 0 Å². The topological polar surface area (TPSA) is 17.3 Å². The van der Waals surface area contributed by atoms with Gasteiger partial charge in [-0.05, 0) is 12.1 Å². The summed E-state index contributed by atoms with van der Waals surface area (Å²) in [6, 6.07) is 3.96. The predicted octanol–water partition coefficient (Wildman–Crippen LogP) is 3.46. The van der Waals surface area contributed by atoms with Crippen molar-refractivity contribution in [2.75, 3.05) is 0 Å². The van der Waals surface area contributed by atoms with Crippen molar-refractivity contribution in [2.24, 2.45) is 0 Å². The molecule has 0 amide bonds. The first-order chi connectivity index (χ1) is 8.18. The van der Waals surface area contributed by atoms with Gasteiger partial charge in [-0.1, -0.05) is 6.07 Å². The molecule has 2 rings (SSSR count). The maximum Gasteiger partial charge on any atom is 0.435 e. The summed E-state index contributed by atoms with van der Waals surface area (Å²) in [7, 11) is 0.